The van der Waals surface area contributed by atoms with Crippen molar-refractivity contribution in [3.05, 3.63) is 24.0 Å². The van der Waals surface area contributed by atoms with Crippen LogP contribution in [-0.4, -0.2) is 18.0 Å². The first-order valence-electron chi connectivity index (χ1n) is 5.48. The lowest BCUT2D eigenvalue weighted by molar-refractivity contribution is 0.0700. The maximum absolute atomic E-state index is 13.2. The number of hydrogen-bond donors (Lipinski definition) is 1. The summed E-state index contributed by atoms with van der Waals surface area (Å²) in [5.41, 5.74) is 5.62. The van der Waals surface area contributed by atoms with Crippen molar-refractivity contribution < 1.29 is 9.13 Å². The minimum Gasteiger partial charge on any atom is -0.396 e. The summed E-state index contributed by atoms with van der Waals surface area (Å²) < 4.78 is 18.9. The van der Waals surface area contributed by atoms with Crippen LogP contribution in [0.5, 0.6) is 0 Å². The number of benzene rings is 1. The van der Waals surface area contributed by atoms with E-state index in [0.29, 0.717) is 12.2 Å². The third-order valence-corrected chi connectivity index (χ3v) is 3.85. The first kappa shape index (κ1) is 11.7. The number of nitrogens with two attached hydrogens (primary N) is 1. The third-order valence-electron chi connectivity index (χ3n) is 2.73. The molecule has 1 aromatic rings. The van der Waals surface area contributed by atoms with Gasteiger partial charge in [0.2, 0.25) is 0 Å². The van der Waals surface area contributed by atoms with Crippen molar-refractivity contribution in [1.29, 1.82) is 0 Å². The summed E-state index contributed by atoms with van der Waals surface area (Å²) in [4.78, 5) is 0.912. The molecule has 0 spiro atoms. The van der Waals surface area contributed by atoms with Crippen molar-refractivity contribution in [2.75, 3.05) is 11.5 Å². The van der Waals surface area contributed by atoms with E-state index in [-0.39, 0.29) is 11.5 Å². The number of halogens is 1. The van der Waals surface area contributed by atoms with Gasteiger partial charge in [0.05, 0.1) is 17.9 Å². The zero-order valence-electron chi connectivity index (χ0n) is 9.28. The average molecular weight is 241 g/mol. The second kappa shape index (κ2) is 5.06. The van der Waals surface area contributed by atoms with Crippen LogP contribution in [-0.2, 0) is 4.74 Å². The van der Waals surface area contributed by atoms with Gasteiger partial charge in [0.1, 0.15) is 5.82 Å². The average Bonchev–Trinajstić information content (AvgIpc) is 2.66. The molecule has 1 fully saturated rings. The van der Waals surface area contributed by atoms with Gasteiger partial charge in [0, 0.05) is 10.6 Å². The van der Waals surface area contributed by atoms with Gasteiger partial charge in [-0.2, -0.15) is 0 Å². The van der Waals surface area contributed by atoms with Crippen LogP contribution in [0, 0.1) is 5.82 Å². The largest absolute Gasteiger partial charge is 0.396 e. The molecule has 0 amide bonds. The quantitative estimate of drug-likeness (QED) is 0.652. The number of thioether (sulfide) groups is 1. The Morgan fingerprint density at radius 1 is 1.50 bits per heavy atom. The lowest BCUT2D eigenvalue weighted by Gasteiger charge is -2.10. The normalized spacial score (nSPS) is 24.9. The molecule has 2 nitrogen and oxygen atoms in total. The van der Waals surface area contributed by atoms with Crippen LogP contribution in [0.25, 0.3) is 0 Å². The first-order chi connectivity index (χ1) is 7.65. The zero-order valence-corrected chi connectivity index (χ0v) is 10.1. The van der Waals surface area contributed by atoms with Gasteiger partial charge in [0.25, 0.3) is 0 Å². The highest BCUT2D eigenvalue weighted by Gasteiger charge is 2.21. The molecular weight excluding hydrogens is 225 g/mol. The monoisotopic (exact) mass is 241 g/mol. The van der Waals surface area contributed by atoms with Crippen molar-refractivity contribution >= 4 is 17.4 Å². The van der Waals surface area contributed by atoms with E-state index >= 15 is 0 Å². The summed E-state index contributed by atoms with van der Waals surface area (Å²) >= 11 is 1.62. The van der Waals surface area contributed by atoms with E-state index in [4.69, 9.17) is 10.5 Å². The second-order valence-electron chi connectivity index (χ2n) is 4.14. The van der Waals surface area contributed by atoms with Gasteiger partial charge in [-0.25, -0.2) is 4.39 Å². The summed E-state index contributed by atoms with van der Waals surface area (Å²) in [5.74, 6) is 0.541. The Kier molecular flexibility index (Phi) is 3.71. The van der Waals surface area contributed by atoms with Gasteiger partial charge in [-0.3, -0.25) is 0 Å². The molecule has 0 bridgehead atoms. The molecule has 0 radical (unpaired) electrons. The molecule has 2 N–H and O–H groups in total. The molecular formula is C12H16FNOS. The molecule has 2 unspecified atom stereocenters. The summed E-state index contributed by atoms with van der Waals surface area (Å²) in [6, 6.07) is 4.94. The first-order valence-corrected chi connectivity index (χ1v) is 6.47. The minimum absolute atomic E-state index is 0.204. The topological polar surface area (TPSA) is 35.2 Å². The molecule has 1 heterocycles. The smallest absolute Gasteiger partial charge is 0.147 e. The van der Waals surface area contributed by atoms with Crippen molar-refractivity contribution in [2.24, 2.45) is 0 Å². The van der Waals surface area contributed by atoms with E-state index in [1.54, 1.807) is 17.8 Å². The van der Waals surface area contributed by atoms with Gasteiger partial charge in [-0.05, 0) is 38.0 Å². The standard InChI is InChI=1S/C12H16FNOS/c1-8-2-3-9(15-8)7-16-10-4-5-12(14)11(13)6-10/h4-6,8-9H,2-3,7,14H2,1H3. The Bertz CT molecular complexity index is 372. The molecule has 1 aliphatic heterocycles. The van der Waals surface area contributed by atoms with Gasteiger partial charge in [-0.1, -0.05) is 0 Å². The van der Waals surface area contributed by atoms with E-state index in [0.717, 1.165) is 23.5 Å². The van der Waals surface area contributed by atoms with Crippen LogP contribution < -0.4 is 5.73 Å². The van der Waals surface area contributed by atoms with Crippen LogP contribution >= 0.6 is 11.8 Å². The highest BCUT2D eigenvalue weighted by Crippen LogP contribution is 2.27. The SMILES string of the molecule is CC1CCC(CSc2ccc(N)c(F)c2)O1. The summed E-state index contributed by atoms with van der Waals surface area (Å²) in [5, 5.41) is 0. The second-order valence-corrected chi connectivity index (χ2v) is 5.23. The fourth-order valence-corrected chi connectivity index (χ4v) is 2.77. The number of nitrogen functional groups attached to an aromatic ring is 1. The highest BCUT2D eigenvalue weighted by atomic mass is 32.2. The predicted octanol–water partition coefficient (Wildman–Crippen LogP) is 3.07. The molecule has 88 valence electrons. The lowest BCUT2D eigenvalue weighted by Crippen LogP contribution is -2.10. The molecule has 1 saturated heterocycles. The Morgan fingerprint density at radius 2 is 2.31 bits per heavy atom. The molecule has 2 atom stereocenters. The molecule has 0 aliphatic carbocycles. The van der Waals surface area contributed by atoms with Crippen molar-refractivity contribution in [2.45, 2.75) is 36.9 Å². The lowest BCUT2D eigenvalue weighted by atomic mass is 10.2. The third kappa shape index (κ3) is 2.89. The summed E-state index contributed by atoms with van der Waals surface area (Å²) in [6.45, 7) is 2.09. The van der Waals surface area contributed by atoms with Crippen LogP contribution in [0.4, 0.5) is 10.1 Å². The fraction of sp³-hybridized carbons (Fsp3) is 0.500. The van der Waals surface area contributed by atoms with Crippen molar-refractivity contribution in [1.82, 2.24) is 0 Å². The Hall–Kier alpha value is -0.740. The van der Waals surface area contributed by atoms with Crippen molar-refractivity contribution in [3.8, 4) is 0 Å². The number of rotatable bonds is 3. The Morgan fingerprint density at radius 3 is 2.94 bits per heavy atom. The van der Waals surface area contributed by atoms with E-state index in [1.165, 1.54) is 6.07 Å². The molecule has 2 rings (SSSR count). The maximum Gasteiger partial charge on any atom is 0.147 e. The maximum atomic E-state index is 13.2. The van der Waals surface area contributed by atoms with Crippen LogP contribution in [0.3, 0.4) is 0 Å². The van der Waals surface area contributed by atoms with Crippen LogP contribution in [0.15, 0.2) is 23.1 Å². The molecule has 1 aliphatic rings. The molecule has 1 aromatic carbocycles. The summed E-state index contributed by atoms with van der Waals surface area (Å²) in [7, 11) is 0. The minimum atomic E-state index is -0.342. The number of anilines is 1. The molecule has 16 heavy (non-hydrogen) atoms. The van der Waals surface area contributed by atoms with E-state index < -0.39 is 0 Å². The van der Waals surface area contributed by atoms with Gasteiger partial charge in [0.15, 0.2) is 0 Å². The van der Waals surface area contributed by atoms with E-state index in [9.17, 15) is 4.39 Å². The van der Waals surface area contributed by atoms with Gasteiger partial charge < -0.3 is 10.5 Å². The number of hydrogen-bond acceptors (Lipinski definition) is 3. The van der Waals surface area contributed by atoms with Gasteiger partial charge >= 0.3 is 0 Å². The van der Waals surface area contributed by atoms with Crippen LogP contribution in [0.1, 0.15) is 19.8 Å². The summed E-state index contributed by atoms with van der Waals surface area (Å²) in [6.07, 6.45) is 2.90. The Labute approximate surface area is 99.4 Å². The van der Waals surface area contributed by atoms with Crippen LogP contribution in [0.2, 0.25) is 0 Å². The molecule has 0 saturated carbocycles. The molecule has 4 heteroatoms. The predicted molar refractivity (Wildman–Crippen MR) is 65.1 cm³/mol. The number of ether oxygens (including phenoxy) is 1. The van der Waals surface area contributed by atoms with E-state index in [1.807, 2.05) is 6.07 Å². The van der Waals surface area contributed by atoms with E-state index in [2.05, 4.69) is 6.92 Å². The highest BCUT2D eigenvalue weighted by molar-refractivity contribution is 7.99. The Balaban J connectivity index is 1.87. The van der Waals surface area contributed by atoms with Gasteiger partial charge in [-0.15, -0.1) is 11.8 Å². The van der Waals surface area contributed by atoms with Crippen molar-refractivity contribution in [3.63, 3.8) is 0 Å². The molecule has 0 aromatic heterocycles. The zero-order chi connectivity index (χ0) is 11.5. The fourth-order valence-electron chi connectivity index (χ4n) is 1.79.